The minimum atomic E-state index is -1.03. The average Bonchev–Trinajstić information content (AvgIpc) is 3.89. The van der Waals surface area contributed by atoms with Gasteiger partial charge in [-0.25, -0.2) is 13.8 Å². The number of rotatable bonds is 13. The Hall–Kier alpha value is -6.46. The first kappa shape index (κ1) is 41.9. The minimum absolute atomic E-state index is 0.00117. The summed E-state index contributed by atoms with van der Waals surface area (Å²) in [5, 5.41) is 13.3. The number of aromatic nitrogens is 4. The fourth-order valence-corrected chi connectivity index (χ4v) is 9.01. The van der Waals surface area contributed by atoms with Crippen LogP contribution in [0.5, 0.6) is 0 Å². The van der Waals surface area contributed by atoms with Gasteiger partial charge in [0.15, 0.2) is 0 Å². The van der Waals surface area contributed by atoms with Crippen LogP contribution in [0.3, 0.4) is 0 Å². The molecule has 4 aliphatic heterocycles. The van der Waals surface area contributed by atoms with Crippen LogP contribution in [0.25, 0.3) is 33.4 Å². The molecule has 3 fully saturated rings. The van der Waals surface area contributed by atoms with E-state index < -0.39 is 41.3 Å². The lowest BCUT2D eigenvalue weighted by Crippen LogP contribution is -2.54. The summed E-state index contributed by atoms with van der Waals surface area (Å²) in [4.78, 5) is 76.1. The molecule has 326 valence electrons. The molecule has 3 aromatic carbocycles. The highest BCUT2D eigenvalue weighted by Gasteiger charge is 2.45. The SMILES string of the molecule is O=C1CCC(N2C(=O)c3cccc(NCCCCCC(=O)N4CCC(n5cc(-c6cnc7cccc(-c8cc(F)c(CC9CNCCO9)c(F)c8)c7n6)cn5)CC4)c3C2=O)C(=O)N1. The lowest BCUT2D eigenvalue weighted by Gasteiger charge is -2.32. The highest BCUT2D eigenvalue weighted by Crippen LogP contribution is 2.34. The molecule has 0 spiro atoms. The summed E-state index contributed by atoms with van der Waals surface area (Å²) in [6, 6.07) is 12.1. The van der Waals surface area contributed by atoms with E-state index in [0.29, 0.717) is 79.2 Å². The van der Waals surface area contributed by atoms with Gasteiger partial charge in [0.1, 0.15) is 17.7 Å². The van der Waals surface area contributed by atoms with Crippen molar-refractivity contribution >= 4 is 46.3 Å². The molecule has 0 bridgehead atoms. The van der Waals surface area contributed by atoms with Gasteiger partial charge in [-0.15, -0.1) is 0 Å². The first-order chi connectivity index (χ1) is 30.6. The van der Waals surface area contributed by atoms with Crippen LogP contribution in [-0.4, -0.2) is 111 Å². The van der Waals surface area contributed by atoms with Crippen molar-refractivity contribution in [3.05, 3.63) is 95.4 Å². The number of fused-ring (bicyclic) bond motifs is 2. The molecule has 3 saturated heterocycles. The predicted octanol–water partition coefficient (Wildman–Crippen LogP) is 5.21. The molecule has 0 saturated carbocycles. The molecule has 6 heterocycles. The number of para-hydroxylation sites is 1. The number of nitrogens with zero attached hydrogens (tertiary/aromatic N) is 6. The summed E-state index contributed by atoms with van der Waals surface area (Å²) < 4.78 is 38.4. The second-order valence-electron chi connectivity index (χ2n) is 16.5. The zero-order valence-corrected chi connectivity index (χ0v) is 34.6. The van der Waals surface area contributed by atoms with Gasteiger partial charge in [-0.3, -0.25) is 43.9 Å². The Morgan fingerprint density at radius 3 is 2.48 bits per heavy atom. The number of unbranched alkanes of at least 4 members (excludes halogenated alkanes) is 2. The standard InChI is InChI=1S/C46H47F2N9O6/c47-34-20-27(21-35(48)33(34)22-30-24-49-16-19-63-30)31-6-4-9-37-43(31)53-38(25-51-37)28-23-52-56(26-28)29-13-17-55(18-14-29)41(59)10-2-1-3-15-50-36-8-5-7-32-42(36)46(62)57(45(32)61)39-11-12-40(58)54-44(39)60/h4-9,20-21,23,25-26,29-30,39,49-50H,1-3,10-19,22,24H2,(H,54,58,60). The summed E-state index contributed by atoms with van der Waals surface area (Å²) >= 11 is 0. The number of halogens is 2. The molecule has 5 aromatic rings. The molecule has 15 nitrogen and oxygen atoms in total. The van der Waals surface area contributed by atoms with Gasteiger partial charge in [-0.1, -0.05) is 24.6 Å². The van der Waals surface area contributed by atoms with E-state index in [9.17, 15) is 24.0 Å². The number of carbonyl (C=O) groups excluding carboxylic acids is 5. The topological polar surface area (TPSA) is 181 Å². The molecule has 2 unspecified atom stereocenters. The number of ether oxygens (including phenoxy) is 1. The predicted molar refractivity (Wildman–Crippen MR) is 227 cm³/mol. The molecule has 2 atom stereocenters. The summed E-state index contributed by atoms with van der Waals surface area (Å²) in [6.45, 7) is 3.50. The van der Waals surface area contributed by atoms with Crippen molar-refractivity contribution in [1.29, 1.82) is 0 Å². The van der Waals surface area contributed by atoms with Crippen molar-refractivity contribution in [1.82, 2.24) is 40.2 Å². The maximum Gasteiger partial charge on any atom is 0.264 e. The first-order valence-electron chi connectivity index (χ1n) is 21.6. The van der Waals surface area contributed by atoms with E-state index in [1.54, 1.807) is 42.7 Å². The Morgan fingerprint density at radius 2 is 1.70 bits per heavy atom. The summed E-state index contributed by atoms with van der Waals surface area (Å²) in [7, 11) is 0. The first-order valence-corrected chi connectivity index (χ1v) is 21.6. The van der Waals surface area contributed by atoms with Crippen LogP contribution in [0.15, 0.2) is 67.1 Å². The highest BCUT2D eigenvalue weighted by molar-refractivity contribution is 6.25. The quantitative estimate of drug-likeness (QED) is 0.105. The normalized spacial score (nSPS) is 19.5. The van der Waals surface area contributed by atoms with Crippen LogP contribution in [0.1, 0.15) is 83.7 Å². The monoisotopic (exact) mass is 859 g/mol. The van der Waals surface area contributed by atoms with Crippen LogP contribution in [0, 0.1) is 11.6 Å². The molecule has 17 heteroatoms. The van der Waals surface area contributed by atoms with E-state index in [2.05, 4.69) is 26.0 Å². The molecular formula is C46H47F2N9O6. The highest BCUT2D eigenvalue weighted by atomic mass is 19.1. The van der Waals surface area contributed by atoms with Crippen molar-refractivity contribution in [2.45, 2.75) is 76.0 Å². The molecule has 0 radical (unpaired) electrons. The Morgan fingerprint density at radius 1 is 0.905 bits per heavy atom. The number of imide groups is 2. The van der Waals surface area contributed by atoms with E-state index in [0.717, 1.165) is 42.7 Å². The number of piperidine rings is 2. The fourth-order valence-electron chi connectivity index (χ4n) is 9.01. The fraction of sp³-hybridized carbons (Fsp3) is 0.391. The summed E-state index contributed by atoms with van der Waals surface area (Å²) in [5.41, 5.74) is 4.34. The van der Waals surface area contributed by atoms with Gasteiger partial charge in [-0.2, -0.15) is 5.10 Å². The molecule has 4 aliphatic rings. The van der Waals surface area contributed by atoms with Crippen LogP contribution in [0.4, 0.5) is 14.5 Å². The van der Waals surface area contributed by atoms with Crippen LogP contribution in [0.2, 0.25) is 0 Å². The van der Waals surface area contributed by atoms with E-state index >= 15 is 8.78 Å². The Labute approximate surface area is 361 Å². The summed E-state index contributed by atoms with van der Waals surface area (Å²) in [5.74, 6) is -3.33. The van der Waals surface area contributed by atoms with Crippen molar-refractivity contribution in [3.63, 3.8) is 0 Å². The lowest BCUT2D eigenvalue weighted by molar-refractivity contribution is -0.136. The number of carbonyl (C=O) groups is 5. The van der Waals surface area contributed by atoms with Crippen molar-refractivity contribution in [3.8, 4) is 22.4 Å². The van der Waals surface area contributed by atoms with Gasteiger partial charge in [0.2, 0.25) is 17.7 Å². The zero-order chi connectivity index (χ0) is 43.6. The molecule has 63 heavy (non-hydrogen) atoms. The molecule has 5 amide bonds. The third-order valence-electron chi connectivity index (χ3n) is 12.4. The lowest BCUT2D eigenvalue weighted by atomic mass is 9.98. The van der Waals surface area contributed by atoms with E-state index in [1.165, 1.54) is 12.1 Å². The third-order valence-corrected chi connectivity index (χ3v) is 12.4. The average molecular weight is 860 g/mol. The summed E-state index contributed by atoms with van der Waals surface area (Å²) in [6.07, 6.45) is 9.44. The number of likely N-dealkylation sites (tertiary alicyclic amines) is 1. The number of nitrogens with one attached hydrogen (secondary N) is 3. The Kier molecular flexibility index (Phi) is 12.0. The number of hydrogen-bond acceptors (Lipinski definition) is 11. The van der Waals surface area contributed by atoms with Gasteiger partial charge in [-0.05, 0) is 68.0 Å². The zero-order valence-electron chi connectivity index (χ0n) is 34.6. The van der Waals surface area contributed by atoms with Gasteiger partial charge in [0, 0.05) is 80.6 Å². The van der Waals surface area contributed by atoms with Crippen molar-refractivity contribution in [2.75, 3.05) is 44.6 Å². The maximum absolute atomic E-state index is 15.4. The molecule has 0 aliphatic carbocycles. The van der Waals surface area contributed by atoms with Crippen molar-refractivity contribution < 1.29 is 37.5 Å². The van der Waals surface area contributed by atoms with Crippen LogP contribution < -0.4 is 16.0 Å². The second-order valence-corrected chi connectivity index (χ2v) is 16.5. The van der Waals surface area contributed by atoms with Crippen LogP contribution in [-0.2, 0) is 25.5 Å². The molecular weight excluding hydrogens is 813 g/mol. The van der Waals surface area contributed by atoms with Gasteiger partial charge >= 0.3 is 0 Å². The number of morpholine rings is 1. The van der Waals surface area contributed by atoms with Gasteiger partial charge in [0.25, 0.3) is 11.8 Å². The second kappa shape index (κ2) is 18.1. The van der Waals surface area contributed by atoms with E-state index in [1.807, 2.05) is 21.8 Å². The van der Waals surface area contributed by atoms with E-state index in [-0.39, 0.29) is 54.0 Å². The Bertz CT molecular complexity index is 2580. The Balaban J connectivity index is 0.751. The van der Waals surface area contributed by atoms with Crippen LogP contribution >= 0.6 is 0 Å². The number of amides is 5. The smallest absolute Gasteiger partial charge is 0.264 e. The van der Waals surface area contributed by atoms with Gasteiger partial charge in [0.05, 0.1) is 59.0 Å². The minimum Gasteiger partial charge on any atom is -0.384 e. The van der Waals surface area contributed by atoms with Gasteiger partial charge < -0.3 is 20.3 Å². The number of anilines is 1. The molecule has 9 rings (SSSR count). The van der Waals surface area contributed by atoms with E-state index in [4.69, 9.17) is 9.72 Å². The van der Waals surface area contributed by atoms with Crippen molar-refractivity contribution in [2.24, 2.45) is 0 Å². The third kappa shape index (κ3) is 8.67. The number of hydrogen-bond donors (Lipinski definition) is 3. The molecule has 3 N–H and O–H groups in total. The maximum atomic E-state index is 15.4. The largest absolute Gasteiger partial charge is 0.384 e. The molecule has 2 aromatic heterocycles. The number of benzene rings is 3.